The largest absolute Gasteiger partial charge is 0.307 e. The fourth-order valence-corrected chi connectivity index (χ4v) is 3.11. The maximum Gasteiger partial charge on any atom is 0.0534 e. The third-order valence-electron chi connectivity index (χ3n) is 4.46. The van der Waals surface area contributed by atoms with Gasteiger partial charge in [0, 0.05) is 23.8 Å². The Balaban J connectivity index is 1.83. The summed E-state index contributed by atoms with van der Waals surface area (Å²) >= 11 is 0. The van der Waals surface area contributed by atoms with E-state index < -0.39 is 0 Å². The van der Waals surface area contributed by atoms with E-state index in [1.165, 1.54) is 37.7 Å². The highest BCUT2D eigenvalue weighted by Gasteiger charge is 2.22. The Hall–Kier alpha value is -0.830. The quantitative estimate of drug-likeness (QED) is 0.799. The Morgan fingerprint density at radius 1 is 1.22 bits per heavy atom. The van der Waals surface area contributed by atoms with Gasteiger partial charge in [-0.1, -0.05) is 26.7 Å². The van der Waals surface area contributed by atoms with Crippen LogP contribution in [-0.4, -0.2) is 16.2 Å². The van der Waals surface area contributed by atoms with Crippen molar-refractivity contribution in [2.45, 2.75) is 65.0 Å². The molecule has 1 aromatic rings. The van der Waals surface area contributed by atoms with Crippen molar-refractivity contribution in [3.8, 4) is 0 Å². The van der Waals surface area contributed by atoms with Crippen LogP contribution in [0, 0.1) is 11.8 Å². The molecule has 3 unspecified atom stereocenters. The van der Waals surface area contributed by atoms with Crippen LogP contribution in [0.15, 0.2) is 12.4 Å². The monoisotopic (exact) mass is 249 g/mol. The van der Waals surface area contributed by atoms with E-state index in [2.05, 4.69) is 36.3 Å². The normalized spacial score (nSPS) is 27.1. The third kappa shape index (κ3) is 3.58. The van der Waals surface area contributed by atoms with Crippen LogP contribution in [0.5, 0.6) is 0 Å². The molecule has 1 aromatic heterocycles. The van der Waals surface area contributed by atoms with Gasteiger partial charge in [-0.25, -0.2) is 0 Å². The molecule has 2 N–H and O–H groups in total. The SMILES string of the molecule is CC(NC1CCCC(C(C)C)CC1)c1cn[nH]c1. The van der Waals surface area contributed by atoms with Crippen molar-refractivity contribution in [2.24, 2.45) is 11.8 Å². The van der Waals surface area contributed by atoms with Gasteiger partial charge in [-0.15, -0.1) is 0 Å². The summed E-state index contributed by atoms with van der Waals surface area (Å²) in [6.45, 7) is 6.97. The summed E-state index contributed by atoms with van der Waals surface area (Å²) < 4.78 is 0. The third-order valence-corrected chi connectivity index (χ3v) is 4.46. The van der Waals surface area contributed by atoms with Crippen molar-refractivity contribution in [3.63, 3.8) is 0 Å². The maximum absolute atomic E-state index is 4.03. The van der Waals surface area contributed by atoms with Gasteiger partial charge >= 0.3 is 0 Å². The zero-order valence-electron chi connectivity index (χ0n) is 11.9. The van der Waals surface area contributed by atoms with Crippen LogP contribution in [-0.2, 0) is 0 Å². The molecular weight excluding hydrogens is 222 g/mol. The van der Waals surface area contributed by atoms with Gasteiger partial charge < -0.3 is 5.32 Å². The fraction of sp³-hybridized carbons (Fsp3) is 0.800. The number of nitrogens with one attached hydrogen (secondary N) is 2. The minimum atomic E-state index is 0.407. The van der Waals surface area contributed by atoms with E-state index in [-0.39, 0.29) is 0 Å². The predicted molar refractivity (Wildman–Crippen MR) is 75.3 cm³/mol. The molecule has 1 fully saturated rings. The maximum atomic E-state index is 4.03. The van der Waals surface area contributed by atoms with Crippen LogP contribution >= 0.6 is 0 Å². The van der Waals surface area contributed by atoms with Crippen LogP contribution in [0.1, 0.15) is 64.5 Å². The van der Waals surface area contributed by atoms with Crippen molar-refractivity contribution in [1.82, 2.24) is 15.5 Å². The van der Waals surface area contributed by atoms with Crippen molar-refractivity contribution in [3.05, 3.63) is 18.0 Å². The fourth-order valence-electron chi connectivity index (χ4n) is 3.11. The Morgan fingerprint density at radius 2 is 2.06 bits per heavy atom. The molecule has 3 nitrogen and oxygen atoms in total. The molecule has 0 radical (unpaired) electrons. The topological polar surface area (TPSA) is 40.7 Å². The van der Waals surface area contributed by atoms with Gasteiger partial charge in [-0.2, -0.15) is 5.10 Å². The standard InChI is InChI=1S/C15H27N3/c1-11(2)13-5-4-6-15(8-7-13)18-12(3)14-9-16-17-10-14/h9-13,15,18H,4-8H2,1-3H3,(H,16,17). The minimum absolute atomic E-state index is 0.407. The first kappa shape index (κ1) is 13.6. The molecule has 0 amide bonds. The Morgan fingerprint density at radius 3 is 2.72 bits per heavy atom. The first-order valence-corrected chi connectivity index (χ1v) is 7.41. The lowest BCUT2D eigenvalue weighted by atomic mass is 9.89. The summed E-state index contributed by atoms with van der Waals surface area (Å²) in [4.78, 5) is 0. The summed E-state index contributed by atoms with van der Waals surface area (Å²) in [6, 6.07) is 1.09. The molecule has 3 heteroatoms. The van der Waals surface area contributed by atoms with Crippen LogP contribution in [0.25, 0.3) is 0 Å². The van der Waals surface area contributed by atoms with Crippen molar-refractivity contribution in [2.75, 3.05) is 0 Å². The minimum Gasteiger partial charge on any atom is -0.307 e. The van der Waals surface area contributed by atoms with Crippen LogP contribution in [0.2, 0.25) is 0 Å². The number of hydrogen-bond acceptors (Lipinski definition) is 2. The average molecular weight is 249 g/mol. The summed E-state index contributed by atoms with van der Waals surface area (Å²) in [5.41, 5.74) is 1.26. The lowest BCUT2D eigenvalue weighted by Crippen LogP contribution is -2.31. The lowest BCUT2D eigenvalue weighted by molar-refractivity contribution is 0.335. The molecule has 1 heterocycles. The van der Waals surface area contributed by atoms with E-state index in [1.54, 1.807) is 0 Å². The number of rotatable bonds is 4. The highest BCUT2D eigenvalue weighted by Crippen LogP contribution is 2.29. The molecule has 0 aliphatic heterocycles. The zero-order valence-corrected chi connectivity index (χ0v) is 11.9. The van der Waals surface area contributed by atoms with E-state index in [0.717, 1.165) is 11.8 Å². The van der Waals surface area contributed by atoms with Gasteiger partial charge in [0.1, 0.15) is 0 Å². The van der Waals surface area contributed by atoms with Crippen molar-refractivity contribution in [1.29, 1.82) is 0 Å². The molecule has 3 atom stereocenters. The predicted octanol–water partition coefficient (Wildman–Crippen LogP) is 3.67. The van der Waals surface area contributed by atoms with E-state index in [4.69, 9.17) is 0 Å². The summed E-state index contributed by atoms with van der Waals surface area (Å²) in [7, 11) is 0. The molecule has 1 aliphatic carbocycles. The Labute approximate surface area is 111 Å². The number of H-pyrrole nitrogens is 1. The summed E-state index contributed by atoms with van der Waals surface area (Å²) in [5, 5.41) is 10.7. The number of hydrogen-bond donors (Lipinski definition) is 2. The molecule has 0 spiro atoms. The molecule has 0 bridgehead atoms. The average Bonchev–Trinajstić information content (AvgIpc) is 2.77. The molecule has 18 heavy (non-hydrogen) atoms. The number of nitrogens with zero attached hydrogens (tertiary/aromatic N) is 1. The first-order valence-electron chi connectivity index (χ1n) is 7.41. The lowest BCUT2D eigenvalue weighted by Gasteiger charge is -2.22. The van der Waals surface area contributed by atoms with Crippen LogP contribution in [0.3, 0.4) is 0 Å². The van der Waals surface area contributed by atoms with Crippen molar-refractivity contribution < 1.29 is 0 Å². The second-order valence-electron chi connectivity index (χ2n) is 6.13. The molecule has 102 valence electrons. The van der Waals surface area contributed by atoms with Gasteiger partial charge in [0.05, 0.1) is 6.20 Å². The van der Waals surface area contributed by atoms with Gasteiger partial charge in [-0.3, -0.25) is 5.10 Å². The Kier molecular flexibility index (Phi) is 4.81. The molecule has 0 aromatic carbocycles. The molecule has 2 rings (SSSR count). The highest BCUT2D eigenvalue weighted by molar-refractivity contribution is 5.08. The van der Waals surface area contributed by atoms with Crippen molar-refractivity contribution >= 4 is 0 Å². The van der Waals surface area contributed by atoms with Crippen LogP contribution < -0.4 is 5.32 Å². The van der Waals surface area contributed by atoms with E-state index in [1.807, 2.05) is 12.4 Å². The Bertz CT molecular complexity index is 332. The zero-order chi connectivity index (χ0) is 13.0. The summed E-state index contributed by atoms with van der Waals surface area (Å²) in [6.07, 6.45) is 10.7. The molecule has 1 aliphatic rings. The number of aromatic amines is 1. The van der Waals surface area contributed by atoms with Gasteiger partial charge in [0.15, 0.2) is 0 Å². The smallest absolute Gasteiger partial charge is 0.0534 e. The van der Waals surface area contributed by atoms with E-state index >= 15 is 0 Å². The molecular formula is C15H27N3. The first-order chi connectivity index (χ1) is 8.66. The van der Waals surface area contributed by atoms with E-state index in [9.17, 15) is 0 Å². The highest BCUT2D eigenvalue weighted by atomic mass is 15.1. The van der Waals surface area contributed by atoms with Crippen LogP contribution in [0.4, 0.5) is 0 Å². The van der Waals surface area contributed by atoms with E-state index in [0.29, 0.717) is 12.1 Å². The van der Waals surface area contributed by atoms with Gasteiger partial charge in [-0.05, 0) is 38.0 Å². The van der Waals surface area contributed by atoms with Gasteiger partial charge in [0.25, 0.3) is 0 Å². The molecule has 1 saturated carbocycles. The summed E-state index contributed by atoms with van der Waals surface area (Å²) in [5.74, 6) is 1.77. The second-order valence-corrected chi connectivity index (χ2v) is 6.13. The number of aromatic nitrogens is 2. The molecule has 0 saturated heterocycles. The van der Waals surface area contributed by atoms with Gasteiger partial charge in [0.2, 0.25) is 0 Å². The second kappa shape index (κ2) is 6.37.